The molecule has 1 atom stereocenters. The van der Waals surface area contributed by atoms with Crippen molar-refractivity contribution in [3.05, 3.63) is 83.3 Å². The lowest BCUT2D eigenvalue weighted by Gasteiger charge is -2.08. The number of ketones is 1. The lowest BCUT2D eigenvalue weighted by atomic mass is 10.1. The molecule has 0 bridgehead atoms. The van der Waals surface area contributed by atoms with E-state index in [-0.39, 0.29) is 11.3 Å². The number of halogens is 1. The van der Waals surface area contributed by atoms with Gasteiger partial charge in [0, 0.05) is 17.2 Å². The Kier molecular flexibility index (Phi) is 3.70. The van der Waals surface area contributed by atoms with Crippen LogP contribution in [0.4, 0.5) is 4.39 Å². The van der Waals surface area contributed by atoms with E-state index in [4.69, 9.17) is 4.74 Å². The minimum atomic E-state index is -0.625. The van der Waals surface area contributed by atoms with Crippen molar-refractivity contribution in [2.45, 2.75) is 6.23 Å². The fourth-order valence-corrected chi connectivity index (χ4v) is 2.14. The van der Waals surface area contributed by atoms with Crippen LogP contribution in [0.5, 0.6) is 0 Å². The van der Waals surface area contributed by atoms with E-state index in [9.17, 15) is 14.0 Å². The normalized spacial score (nSPS) is 18.9. The smallest absolute Gasteiger partial charge is 0.356 e. The van der Waals surface area contributed by atoms with Crippen LogP contribution in [0.15, 0.2) is 66.4 Å². The molecule has 0 radical (unpaired) electrons. The summed E-state index contributed by atoms with van der Waals surface area (Å²) >= 11 is 0. The van der Waals surface area contributed by atoms with Crippen molar-refractivity contribution in [2.24, 2.45) is 0 Å². The van der Waals surface area contributed by atoms with E-state index >= 15 is 0 Å². The molecule has 0 spiro atoms. The van der Waals surface area contributed by atoms with Crippen LogP contribution in [-0.2, 0) is 9.53 Å². The van der Waals surface area contributed by atoms with Crippen LogP contribution < -0.4 is 5.32 Å². The first-order chi connectivity index (χ1) is 10.6. The van der Waals surface area contributed by atoms with Gasteiger partial charge in [-0.3, -0.25) is 4.79 Å². The summed E-state index contributed by atoms with van der Waals surface area (Å²) in [5, 5.41) is 2.85. The monoisotopic (exact) mass is 297 g/mol. The van der Waals surface area contributed by atoms with Crippen LogP contribution in [0.25, 0.3) is 0 Å². The molecule has 4 nitrogen and oxygen atoms in total. The van der Waals surface area contributed by atoms with Crippen molar-refractivity contribution in [1.29, 1.82) is 0 Å². The molecule has 1 unspecified atom stereocenters. The summed E-state index contributed by atoms with van der Waals surface area (Å²) in [4.78, 5) is 23.9. The number of rotatable bonds is 3. The average Bonchev–Trinajstić information content (AvgIpc) is 2.89. The summed E-state index contributed by atoms with van der Waals surface area (Å²) in [6.07, 6.45) is 0.500. The van der Waals surface area contributed by atoms with Gasteiger partial charge in [0.05, 0.1) is 0 Å². The van der Waals surface area contributed by atoms with Crippen LogP contribution >= 0.6 is 0 Å². The molecular formula is C17H12FNO3. The van der Waals surface area contributed by atoms with Crippen LogP contribution in [0, 0.1) is 5.82 Å². The Morgan fingerprint density at radius 2 is 1.91 bits per heavy atom. The Morgan fingerprint density at radius 3 is 2.64 bits per heavy atom. The van der Waals surface area contributed by atoms with Gasteiger partial charge in [0.25, 0.3) is 0 Å². The highest BCUT2D eigenvalue weighted by Gasteiger charge is 2.29. The van der Waals surface area contributed by atoms with Crippen molar-refractivity contribution >= 4 is 11.8 Å². The fraction of sp³-hybridized carbons (Fsp3) is 0.0588. The third-order valence-corrected chi connectivity index (χ3v) is 3.22. The molecule has 110 valence electrons. The third-order valence-electron chi connectivity index (χ3n) is 3.22. The van der Waals surface area contributed by atoms with Crippen LogP contribution in [0.1, 0.15) is 22.1 Å². The SMILES string of the molecule is O=C1OC(c2ccccc2)N/C1=C/C(=O)c1cccc(F)c1. The zero-order valence-electron chi connectivity index (χ0n) is 11.5. The van der Waals surface area contributed by atoms with Crippen LogP contribution in [-0.4, -0.2) is 11.8 Å². The maximum absolute atomic E-state index is 13.1. The maximum Gasteiger partial charge on any atom is 0.356 e. The summed E-state index contributed by atoms with van der Waals surface area (Å²) in [7, 11) is 0. The molecule has 0 aromatic heterocycles. The number of hydrogen-bond donors (Lipinski definition) is 1. The molecule has 1 fully saturated rings. The van der Waals surface area contributed by atoms with E-state index < -0.39 is 23.8 Å². The number of cyclic esters (lactones) is 1. The van der Waals surface area contributed by atoms with E-state index in [0.29, 0.717) is 0 Å². The van der Waals surface area contributed by atoms with Gasteiger partial charge in [0.1, 0.15) is 11.5 Å². The van der Waals surface area contributed by atoms with Gasteiger partial charge >= 0.3 is 5.97 Å². The zero-order valence-corrected chi connectivity index (χ0v) is 11.5. The molecule has 2 aromatic rings. The van der Waals surface area contributed by atoms with Crippen molar-refractivity contribution < 1.29 is 18.7 Å². The molecule has 1 aliphatic rings. The second-order valence-corrected chi connectivity index (χ2v) is 4.77. The second kappa shape index (κ2) is 5.81. The van der Waals surface area contributed by atoms with Gasteiger partial charge in [0.2, 0.25) is 0 Å². The highest BCUT2D eigenvalue weighted by Crippen LogP contribution is 2.23. The average molecular weight is 297 g/mol. The Morgan fingerprint density at radius 1 is 1.14 bits per heavy atom. The summed E-state index contributed by atoms with van der Waals surface area (Å²) in [6, 6.07) is 14.4. The van der Waals surface area contributed by atoms with E-state index in [0.717, 1.165) is 17.7 Å². The molecule has 0 amide bonds. The number of carbonyl (C=O) groups excluding carboxylic acids is 2. The lowest BCUT2D eigenvalue weighted by molar-refractivity contribution is -0.139. The topological polar surface area (TPSA) is 55.4 Å². The lowest BCUT2D eigenvalue weighted by Crippen LogP contribution is -2.14. The van der Waals surface area contributed by atoms with Gasteiger partial charge in [-0.1, -0.05) is 42.5 Å². The highest BCUT2D eigenvalue weighted by atomic mass is 19.1. The number of allylic oxidation sites excluding steroid dienone is 1. The Bertz CT molecular complexity index is 756. The van der Waals surface area contributed by atoms with Gasteiger partial charge in [-0.2, -0.15) is 0 Å². The van der Waals surface area contributed by atoms with Gasteiger partial charge in [0.15, 0.2) is 12.0 Å². The number of benzene rings is 2. The van der Waals surface area contributed by atoms with Crippen LogP contribution in [0.2, 0.25) is 0 Å². The fourth-order valence-electron chi connectivity index (χ4n) is 2.14. The minimum Gasteiger partial charge on any atom is -0.433 e. The van der Waals surface area contributed by atoms with Crippen molar-refractivity contribution in [1.82, 2.24) is 5.32 Å². The van der Waals surface area contributed by atoms with Gasteiger partial charge in [-0.15, -0.1) is 0 Å². The summed E-state index contributed by atoms with van der Waals surface area (Å²) in [6.45, 7) is 0. The second-order valence-electron chi connectivity index (χ2n) is 4.77. The van der Waals surface area contributed by atoms with Gasteiger partial charge in [-0.25, -0.2) is 9.18 Å². The Balaban J connectivity index is 1.80. The first-order valence-corrected chi connectivity index (χ1v) is 6.67. The summed E-state index contributed by atoms with van der Waals surface area (Å²) in [5.41, 5.74) is 1.01. The van der Waals surface area contributed by atoms with E-state index in [1.807, 2.05) is 30.3 Å². The first kappa shape index (κ1) is 14.0. The van der Waals surface area contributed by atoms with Gasteiger partial charge < -0.3 is 10.1 Å². The number of carbonyl (C=O) groups is 2. The minimum absolute atomic E-state index is 0.0584. The van der Waals surface area contributed by atoms with E-state index in [1.54, 1.807) is 0 Å². The highest BCUT2D eigenvalue weighted by molar-refractivity contribution is 6.08. The molecule has 1 aliphatic heterocycles. The number of nitrogens with one attached hydrogen (secondary N) is 1. The molecule has 1 saturated heterocycles. The summed E-state index contributed by atoms with van der Waals surface area (Å²) in [5.74, 6) is -1.58. The number of ether oxygens (including phenoxy) is 1. The predicted molar refractivity (Wildman–Crippen MR) is 77.2 cm³/mol. The predicted octanol–water partition coefficient (Wildman–Crippen LogP) is 2.74. The standard InChI is InChI=1S/C17H12FNO3/c18-13-8-4-7-12(9-13)15(20)10-14-17(21)22-16(19-14)11-5-2-1-3-6-11/h1-10,16,19H/b14-10+. The van der Waals surface area contributed by atoms with Gasteiger partial charge in [-0.05, 0) is 12.1 Å². The van der Waals surface area contributed by atoms with Crippen molar-refractivity contribution in [3.63, 3.8) is 0 Å². The quantitative estimate of drug-likeness (QED) is 0.538. The molecule has 2 aromatic carbocycles. The summed E-state index contributed by atoms with van der Waals surface area (Å²) < 4.78 is 18.3. The van der Waals surface area contributed by atoms with Crippen molar-refractivity contribution in [3.8, 4) is 0 Å². The number of esters is 1. The molecule has 1 heterocycles. The Hall–Kier alpha value is -2.95. The third kappa shape index (κ3) is 2.88. The molecule has 0 saturated carbocycles. The maximum atomic E-state index is 13.1. The molecule has 0 aliphatic carbocycles. The molecule has 3 rings (SSSR count). The molecule has 22 heavy (non-hydrogen) atoms. The molecule has 5 heteroatoms. The van der Waals surface area contributed by atoms with Crippen LogP contribution in [0.3, 0.4) is 0 Å². The van der Waals surface area contributed by atoms with E-state index in [1.165, 1.54) is 18.2 Å². The zero-order chi connectivity index (χ0) is 15.5. The Labute approximate surface area is 126 Å². The van der Waals surface area contributed by atoms with E-state index in [2.05, 4.69) is 5.32 Å². The molecular weight excluding hydrogens is 285 g/mol. The first-order valence-electron chi connectivity index (χ1n) is 6.67. The van der Waals surface area contributed by atoms with Crippen molar-refractivity contribution in [2.75, 3.05) is 0 Å². The molecule has 1 N–H and O–H groups in total. The largest absolute Gasteiger partial charge is 0.433 e. The number of hydrogen-bond acceptors (Lipinski definition) is 4.